The van der Waals surface area contributed by atoms with Crippen LogP contribution in [0.3, 0.4) is 0 Å². The molecule has 64 heavy (non-hydrogen) atoms. The molecule has 0 atom stereocenters. The molecule has 1 amide bonds. The molecule has 0 bridgehead atoms. The summed E-state index contributed by atoms with van der Waals surface area (Å²) in [5, 5.41) is 18.1. The van der Waals surface area contributed by atoms with E-state index in [-0.39, 0.29) is 30.4 Å². The number of carbonyl (C=O) groups excluding carboxylic acids is 1. The Kier molecular flexibility index (Phi) is 20.0. The van der Waals surface area contributed by atoms with E-state index in [1.54, 1.807) is 55.6 Å². The number of benzene rings is 3. The van der Waals surface area contributed by atoms with E-state index in [4.69, 9.17) is 15.7 Å². The van der Waals surface area contributed by atoms with Gasteiger partial charge in [-0.15, -0.1) is 10.2 Å². The van der Waals surface area contributed by atoms with Crippen LogP contribution in [0.2, 0.25) is 0 Å². The maximum atomic E-state index is 14.4. The van der Waals surface area contributed by atoms with Gasteiger partial charge in [0, 0.05) is 42.6 Å². The molecular weight excluding hydrogens is 822 g/mol. The monoisotopic (exact) mass is 891 g/mol. The SMILES string of the molecule is C.COC1=NCCCCCC1.Fc1ccccc1C1(c2nnc3n2CCCCCC3)CCC1.NN.NNC(=O)C1(c2ccccc2F)CCC1.O=C(O)C1(c2ccccc2F)CCC1. The van der Waals surface area contributed by atoms with E-state index < -0.39 is 22.6 Å². The highest BCUT2D eigenvalue weighted by molar-refractivity contribution is 5.88. The van der Waals surface area contributed by atoms with E-state index in [9.17, 15) is 22.8 Å². The molecule has 5 aliphatic rings. The smallest absolute Gasteiger partial charge is 0.314 e. The van der Waals surface area contributed by atoms with E-state index in [2.05, 4.69) is 36.9 Å². The zero-order valence-electron chi connectivity index (χ0n) is 36.6. The molecule has 350 valence electrons. The van der Waals surface area contributed by atoms with Gasteiger partial charge in [0.25, 0.3) is 0 Å². The zero-order chi connectivity index (χ0) is 45.3. The maximum Gasteiger partial charge on any atom is 0.314 e. The fourth-order valence-corrected chi connectivity index (χ4v) is 9.31. The summed E-state index contributed by atoms with van der Waals surface area (Å²) in [6, 6.07) is 19.7. The number of aliphatic imine (C=N–C) groups is 1. The summed E-state index contributed by atoms with van der Waals surface area (Å²) >= 11 is 0. The first-order valence-corrected chi connectivity index (χ1v) is 22.4. The van der Waals surface area contributed by atoms with Crippen molar-refractivity contribution in [2.75, 3.05) is 13.7 Å². The van der Waals surface area contributed by atoms with Gasteiger partial charge in [-0.2, -0.15) is 0 Å². The van der Waals surface area contributed by atoms with E-state index in [1.165, 1.54) is 63.5 Å². The Morgan fingerprint density at radius 3 is 1.61 bits per heavy atom. The average Bonchev–Trinajstić information content (AvgIpc) is 3.61. The molecule has 1 aromatic heterocycles. The topological polar surface area (TPSA) is 197 Å². The maximum absolute atomic E-state index is 14.4. The third-order valence-corrected chi connectivity index (χ3v) is 13.4. The number of aliphatic carboxylic acids is 1. The van der Waals surface area contributed by atoms with Gasteiger partial charge in [-0.05, 0) is 82.4 Å². The van der Waals surface area contributed by atoms with Crippen LogP contribution in [0.5, 0.6) is 0 Å². The number of amides is 1. The number of carbonyl (C=O) groups is 2. The number of ether oxygens (including phenoxy) is 1. The lowest BCUT2D eigenvalue weighted by Crippen LogP contribution is -2.51. The number of nitrogens with zero attached hydrogens (tertiary/aromatic N) is 4. The molecular formula is C49H69F3N8O4. The minimum Gasteiger partial charge on any atom is -0.484 e. The molecule has 9 rings (SSSR count). The van der Waals surface area contributed by atoms with Crippen LogP contribution in [0.4, 0.5) is 13.2 Å². The number of nitrogens with two attached hydrogens (primary N) is 3. The number of halogens is 3. The van der Waals surface area contributed by atoms with Crippen LogP contribution in [-0.4, -0.2) is 51.3 Å². The highest BCUT2D eigenvalue weighted by atomic mass is 19.1. The second-order valence-electron chi connectivity index (χ2n) is 16.9. The van der Waals surface area contributed by atoms with Gasteiger partial charge < -0.3 is 14.4 Å². The number of fused-ring (bicyclic) bond motifs is 1. The number of aromatic nitrogens is 3. The molecule has 0 radical (unpaired) electrons. The Morgan fingerprint density at radius 1 is 0.656 bits per heavy atom. The second kappa shape index (κ2) is 24.8. The summed E-state index contributed by atoms with van der Waals surface area (Å²) in [5.41, 5.74) is 1.78. The first kappa shape index (κ1) is 51.5. The molecule has 3 aromatic carbocycles. The highest BCUT2D eigenvalue weighted by Crippen LogP contribution is 2.50. The van der Waals surface area contributed by atoms with E-state index in [1.807, 2.05) is 12.1 Å². The average molecular weight is 891 g/mol. The molecule has 15 heteroatoms. The first-order chi connectivity index (χ1) is 30.6. The Morgan fingerprint density at radius 2 is 1.14 bits per heavy atom. The molecule has 0 saturated heterocycles. The van der Waals surface area contributed by atoms with Gasteiger partial charge in [0.2, 0.25) is 5.91 Å². The van der Waals surface area contributed by atoms with Gasteiger partial charge >= 0.3 is 5.97 Å². The third kappa shape index (κ3) is 11.6. The van der Waals surface area contributed by atoms with E-state index in [0.717, 1.165) is 81.1 Å². The lowest BCUT2D eigenvalue weighted by Gasteiger charge is -2.41. The second-order valence-corrected chi connectivity index (χ2v) is 16.9. The quantitative estimate of drug-likeness (QED) is 0.0713. The van der Waals surface area contributed by atoms with Gasteiger partial charge in [-0.3, -0.25) is 31.7 Å². The molecule has 3 fully saturated rings. The Balaban J connectivity index is 0.000000191. The van der Waals surface area contributed by atoms with Gasteiger partial charge in [0.05, 0.1) is 23.4 Å². The Bertz CT molecular complexity index is 2120. The van der Waals surface area contributed by atoms with Gasteiger partial charge in [-0.25, -0.2) is 19.0 Å². The summed E-state index contributed by atoms with van der Waals surface area (Å²) in [7, 11) is 1.71. The number of hydrogen-bond acceptors (Lipinski definition) is 9. The van der Waals surface area contributed by atoms with Crippen molar-refractivity contribution in [3.63, 3.8) is 0 Å². The van der Waals surface area contributed by atoms with Crippen LogP contribution in [0, 0.1) is 17.5 Å². The number of hydrazine groups is 2. The van der Waals surface area contributed by atoms with E-state index in [0.29, 0.717) is 36.8 Å². The predicted octanol–water partition coefficient (Wildman–Crippen LogP) is 9.02. The summed E-state index contributed by atoms with van der Waals surface area (Å²) in [5.74, 6) is 14.1. The van der Waals surface area contributed by atoms with Crippen molar-refractivity contribution < 1.29 is 32.6 Å². The molecule has 0 unspecified atom stereocenters. The van der Waals surface area contributed by atoms with Crippen LogP contribution in [0.1, 0.15) is 151 Å². The van der Waals surface area contributed by atoms with Gasteiger partial charge in [0.15, 0.2) is 5.90 Å². The Labute approximate surface area is 376 Å². The first-order valence-electron chi connectivity index (χ1n) is 22.4. The van der Waals surface area contributed by atoms with Gasteiger partial charge in [0.1, 0.15) is 29.1 Å². The fraction of sp³-hybridized carbons (Fsp3) is 0.531. The summed E-state index contributed by atoms with van der Waals surface area (Å²) in [6.45, 7) is 1.94. The van der Waals surface area contributed by atoms with Crippen molar-refractivity contribution in [3.8, 4) is 0 Å². The lowest BCUT2D eigenvalue weighted by molar-refractivity contribution is -0.147. The number of rotatable bonds is 6. The summed E-state index contributed by atoms with van der Waals surface area (Å²) in [4.78, 5) is 27.1. The van der Waals surface area contributed by atoms with Crippen LogP contribution in [-0.2, 0) is 43.5 Å². The number of hydrogen-bond donors (Lipinski definition) is 5. The highest BCUT2D eigenvalue weighted by Gasteiger charge is 2.49. The van der Waals surface area contributed by atoms with Crippen molar-refractivity contribution >= 4 is 17.8 Å². The van der Waals surface area contributed by atoms with E-state index >= 15 is 0 Å². The number of nitrogens with one attached hydrogen (secondary N) is 1. The number of carboxylic acids is 1. The number of methoxy groups -OCH3 is 1. The van der Waals surface area contributed by atoms with Crippen molar-refractivity contribution in [3.05, 3.63) is 119 Å². The van der Waals surface area contributed by atoms with Crippen LogP contribution in [0.15, 0.2) is 77.8 Å². The molecule has 2 aliphatic heterocycles. The molecule has 12 nitrogen and oxygen atoms in total. The largest absolute Gasteiger partial charge is 0.484 e. The molecule has 3 heterocycles. The molecule has 3 saturated carbocycles. The Hall–Kier alpha value is -5.12. The normalized spacial score (nSPS) is 18.7. The van der Waals surface area contributed by atoms with Crippen LogP contribution >= 0.6 is 0 Å². The molecule has 4 aromatic rings. The zero-order valence-corrected chi connectivity index (χ0v) is 36.6. The minimum atomic E-state index is -0.953. The summed E-state index contributed by atoms with van der Waals surface area (Å²) < 4.78 is 48.8. The van der Waals surface area contributed by atoms with Crippen molar-refractivity contribution in [1.82, 2.24) is 20.2 Å². The minimum absolute atomic E-state index is 0. The van der Waals surface area contributed by atoms with Crippen LogP contribution in [0.25, 0.3) is 0 Å². The van der Waals surface area contributed by atoms with Crippen molar-refractivity contribution in [1.29, 1.82) is 0 Å². The standard InChI is InChI=1S/C18H22FN3.C11H13FN2O.C11H11FO2.C8H15NO.CH4.H4N2/c19-15-9-5-4-8-14(15)18(11-7-12-18)17-21-20-16-10-3-1-2-6-13-22(16)17;12-9-5-2-1-4-8(9)11(6-3-7-11)10(15)14-13;12-9-5-2-1-4-8(9)11(10(13)14)6-3-7-11;1-10-8-6-4-2-3-5-7-9-8;;1-2/h4-5,8-9H,1-3,6-7,10-13H2;1-2,4-5H,3,6-7,13H2,(H,14,15);1-2,4-5H,3,6-7H2,(H,13,14);2-7H2,1H3;1H4;1-2H2. The number of carboxylic acid groups (broad SMARTS) is 1. The molecule has 3 aliphatic carbocycles. The van der Waals surface area contributed by atoms with Crippen molar-refractivity contribution in [2.45, 2.75) is 152 Å². The lowest BCUT2D eigenvalue weighted by atomic mass is 9.63. The van der Waals surface area contributed by atoms with Crippen molar-refractivity contribution in [2.24, 2.45) is 22.5 Å². The van der Waals surface area contributed by atoms with Crippen LogP contribution < -0.4 is 23.0 Å². The third-order valence-electron chi connectivity index (χ3n) is 13.4. The fourth-order valence-electron chi connectivity index (χ4n) is 9.31. The molecule has 0 spiro atoms. The number of aryl methyl sites for hydroxylation is 1. The predicted molar refractivity (Wildman–Crippen MR) is 245 cm³/mol. The van der Waals surface area contributed by atoms with Gasteiger partial charge in [-0.1, -0.05) is 107 Å². The molecule has 8 N–H and O–H groups in total. The summed E-state index contributed by atoms with van der Waals surface area (Å²) in [6.07, 6.45) is 19.4.